The van der Waals surface area contributed by atoms with E-state index in [1.165, 1.54) is 0 Å². The number of nitrogens with zero attached hydrogens (tertiary/aromatic N) is 3. The maximum Gasteiger partial charge on any atom is 0.291 e. The van der Waals surface area contributed by atoms with Gasteiger partial charge in [0.25, 0.3) is 5.91 Å². The predicted octanol–water partition coefficient (Wildman–Crippen LogP) is 2.95. The zero-order valence-corrected chi connectivity index (χ0v) is 17.2. The number of rotatable bonds is 4. The lowest BCUT2D eigenvalue weighted by Gasteiger charge is -2.38. The zero-order valence-electron chi connectivity index (χ0n) is 17.2. The Labute approximate surface area is 170 Å². The maximum absolute atomic E-state index is 12.8. The molecule has 1 aromatic carbocycles. The van der Waals surface area contributed by atoms with E-state index in [0.29, 0.717) is 43.4 Å². The van der Waals surface area contributed by atoms with Crippen molar-refractivity contribution in [2.75, 3.05) is 26.7 Å². The quantitative estimate of drug-likeness (QED) is 0.793. The standard InChI is InChI=1S/C22H27N3O4/c1-15-20(29-16(2)23-15)21(27)24-9-7-22(8-10-24)12-19(26)25(14-22)13-17-5-4-6-18(11-17)28-3/h4-6,11H,7-10,12-14H2,1-3H3. The van der Waals surface area contributed by atoms with E-state index in [0.717, 1.165) is 30.7 Å². The van der Waals surface area contributed by atoms with Gasteiger partial charge in [-0.1, -0.05) is 12.1 Å². The van der Waals surface area contributed by atoms with Gasteiger partial charge in [0.15, 0.2) is 5.89 Å². The lowest BCUT2D eigenvalue weighted by molar-refractivity contribution is -0.128. The van der Waals surface area contributed by atoms with Gasteiger partial charge in [-0.15, -0.1) is 0 Å². The van der Waals surface area contributed by atoms with Crippen molar-refractivity contribution in [3.63, 3.8) is 0 Å². The third-order valence-corrected chi connectivity index (χ3v) is 6.12. The molecule has 2 aliphatic rings. The lowest BCUT2D eigenvalue weighted by Crippen LogP contribution is -2.44. The minimum Gasteiger partial charge on any atom is -0.497 e. The first kappa shape index (κ1) is 19.5. The van der Waals surface area contributed by atoms with E-state index in [9.17, 15) is 9.59 Å². The van der Waals surface area contributed by atoms with Crippen LogP contribution in [0.1, 0.15) is 47.0 Å². The number of amides is 2. The number of hydrogen-bond acceptors (Lipinski definition) is 5. The number of carbonyl (C=O) groups is 2. The average molecular weight is 397 g/mol. The molecule has 0 atom stereocenters. The van der Waals surface area contributed by atoms with Gasteiger partial charge in [0.05, 0.1) is 12.8 Å². The number of benzene rings is 1. The van der Waals surface area contributed by atoms with Gasteiger partial charge in [0.2, 0.25) is 11.7 Å². The minimum absolute atomic E-state index is 0.0426. The van der Waals surface area contributed by atoms with Crippen molar-refractivity contribution in [1.82, 2.24) is 14.8 Å². The van der Waals surface area contributed by atoms with Gasteiger partial charge in [-0.2, -0.15) is 0 Å². The summed E-state index contributed by atoms with van der Waals surface area (Å²) in [6, 6.07) is 7.84. The van der Waals surface area contributed by atoms with Gasteiger partial charge in [0.1, 0.15) is 5.75 Å². The number of hydrogen-bond donors (Lipinski definition) is 0. The van der Waals surface area contributed by atoms with Crippen LogP contribution in [0.4, 0.5) is 0 Å². The second-order valence-electron chi connectivity index (χ2n) is 8.22. The van der Waals surface area contributed by atoms with Crippen molar-refractivity contribution in [1.29, 1.82) is 0 Å². The third kappa shape index (κ3) is 3.86. The molecule has 2 aromatic rings. The van der Waals surface area contributed by atoms with Crippen LogP contribution in [0.2, 0.25) is 0 Å². The van der Waals surface area contributed by atoms with Crippen LogP contribution >= 0.6 is 0 Å². The number of ether oxygens (including phenoxy) is 1. The number of methoxy groups -OCH3 is 1. The molecule has 2 amide bonds. The van der Waals surface area contributed by atoms with Crippen LogP contribution in [0.3, 0.4) is 0 Å². The van der Waals surface area contributed by atoms with Gasteiger partial charge < -0.3 is 19.0 Å². The highest BCUT2D eigenvalue weighted by Crippen LogP contribution is 2.42. The lowest BCUT2D eigenvalue weighted by atomic mass is 9.77. The van der Waals surface area contributed by atoms with Crippen LogP contribution in [0.15, 0.2) is 28.7 Å². The second-order valence-corrected chi connectivity index (χ2v) is 8.22. The van der Waals surface area contributed by atoms with E-state index in [-0.39, 0.29) is 17.2 Å². The molecule has 1 aromatic heterocycles. The molecule has 4 rings (SSSR count). The van der Waals surface area contributed by atoms with Crippen molar-refractivity contribution in [2.45, 2.75) is 39.7 Å². The number of aromatic nitrogens is 1. The van der Waals surface area contributed by atoms with Crippen LogP contribution in [0.25, 0.3) is 0 Å². The van der Waals surface area contributed by atoms with Crippen LogP contribution < -0.4 is 4.74 Å². The molecule has 0 aliphatic carbocycles. The smallest absolute Gasteiger partial charge is 0.291 e. The molecule has 2 fully saturated rings. The average Bonchev–Trinajstić information content (AvgIpc) is 3.20. The second kappa shape index (κ2) is 7.54. The van der Waals surface area contributed by atoms with Crippen molar-refractivity contribution in [3.8, 4) is 5.75 Å². The van der Waals surface area contributed by atoms with E-state index >= 15 is 0 Å². The Morgan fingerprint density at radius 2 is 2.03 bits per heavy atom. The first-order valence-electron chi connectivity index (χ1n) is 10.0. The highest BCUT2D eigenvalue weighted by Gasteiger charge is 2.45. The minimum atomic E-state index is -0.101. The molecule has 3 heterocycles. The van der Waals surface area contributed by atoms with Crippen LogP contribution in [0, 0.1) is 19.3 Å². The summed E-state index contributed by atoms with van der Waals surface area (Å²) < 4.78 is 10.8. The summed E-state index contributed by atoms with van der Waals surface area (Å²) >= 11 is 0. The van der Waals surface area contributed by atoms with E-state index in [2.05, 4.69) is 4.98 Å². The molecule has 154 valence electrons. The normalized spacial score (nSPS) is 18.5. The fourth-order valence-electron chi connectivity index (χ4n) is 4.51. The summed E-state index contributed by atoms with van der Waals surface area (Å²) in [5, 5.41) is 0. The molecule has 29 heavy (non-hydrogen) atoms. The van der Waals surface area contributed by atoms with Gasteiger partial charge in [0, 0.05) is 44.9 Å². The van der Waals surface area contributed by atoms with Crippen molar-refractivity contribution in [2.24, 2.45) is 5.41 Å². The first-order chi connectivity index (χ1) is 13.9. The Morgan fingerprint density at radius 3 is 2.69 bits per heavy atom. The topological polar surface area (TPSA) is 75.9 Å². The van der Waals surface area contributed by atoms with Gasteiger partial charge >= 0.3 is 0 Å². The fourth-order valence-corrected chi connectivity index (χ4v) is 4.51. The SMILES string of the molecule is COc1cccc(CN2CC3(CCN(C(=O)c4oc(C)nc4C)CC3)CC2=O)c1. The monoisotopic (exact) mass is 397 g/mol. The molecule has 0 radical (unpaired) electrons. The zero-order chi connectivity index (χ0) is 20.6. The van der Waals surface area contributed by atoms with Crippen molar-refractivity contribution in [3.05, 3.63) is 47.2 Å². The summed E-state index contributed by atoms with van der Waals surface area (Å²) in [6.07, 6.45) is 2.20. The Balaban J connectivity index is 1.39. The molecule has 2 saturated heterocycles. The molecule has 7 nitrogen and oxygen atoms in total. The molecular weight excluding hydrogens is 370 g/mol. The van der Waals surface area contributed by atoms with Gasteiger partial charge in [-0.05, 0) is 37.5 Å². The summed E-state index contributed by atoms with van der Waals surface area (Å²) in [5.41, 5.74) is 1.66. The van der Waals surface area contributed by atoms with E-state index in [1.54, 1.807) is 21.0 Å². The van der Waals surface area contributed by atoms with E-state index in [1.807, 2.05) is 34.1 Å². The van der Waals surface area contributed by atoms with Crippen molar-refractivity contribution >= 4 is 11.8 Å². The van der Waals surface area contributed by atoms with Crippen molar-refractivity contribution < 1.29 is 18.7 Å². The number of aryl methyl sites for hydroxylation is 2. The maximum atomic E-state index is 12.8. The summed E-state index contributed by atoms with van der Waals surface area (Å²) in [5.74, 6) is 1.73. The molecular formula is C22H27N3O4. The Hall–Kier alpha value is -2.83. The highest BCUT2D eigenvalue weighted by molar-refractivity contribution is 5.92. The molecule has 7 heteroatoms. The number of oxazole rings is 1. The Morgan fingerprint density at radius 1 is 1.28 bits per heavy atom. The predicted molar refractivity (Wildman–Crippen MR) is 107 cm³/mol. The Kier molecular flexibility index (Phi) is 5.06. The van der Waals surface area contributed by atoms with E-state index in [4.69, 9.17) is 9.15 Å². The van der Waals surface area contributed by atoms with Gasteiger partial charge in [-0.3, -0.25) is 9.59 Å². The number of piperidine rings is 1. The molecule has 0 saturated carbocycles. The van der Waals surface area contributed by atoms with Crippen LogP contribution in [0.5, 0.6) is 5.75 Å². The molecule has 2 aliphatic heterocycles. The van der Waals surface area contributed by atoms with Crippen LogP contribution in [-0.2, 0) is 11.3 Å². The summed E-state index contributed by atoms with van der Waals surface area (Å²) in [7, 11) is 1.64. The van der Waals surface area contributed by atoms with Crippen LogP contribution in [-0.4, -0.2) is 53.3 Å². The fraction of sp³-hybridized carbons (Fsp3) is 0.500. The third-order valence-electron chi connectivity index (χ3n) is 6.12. The largest absolute Gasteiger partial charge is 0.497 e. The summed E-state index contributed by atoms with van der Waals surface area (Å²) in [4.78, 5) is 33.4. The van der Waals surface area contributed by atoms with Gasteiger partial charge in [-0.25, -0.2) is 4.98 Å². The number of likely N-dealkylation sites (tertiary alicyclic amines) is 2. The first-order valence-corrected chi connectivity index (χ1v) is 10.0. The number of carbonyl (C=O) groups excluding carboxylic acids is 2. The highest BCUT2D eigenvalue weighted by atomic mass is 16.5. The van der Waals surface area contributed by atoms with E-state index < -0.39 is 0 Å². The molecule has 0 bridgehead atoms. The summed E-state index contributed by atoms with van der Waals surface area (Å²) in [6.45, 7) is 6.15. The molecule has 1 spiro atoms. The molecule has 0 unspecified atom stereocenters. The molecule has 0 N–H and O–H groups in total. The Bertz CT molecular complexity index is 928.